The highest BCUT2D eigenvalue weighted by molar-refractivity contribution is 7.12. The predicted molar refractivity (Wildman–Crippen MR) is 87.7 cm³/mol. The molecule has 4 heteroatoms. The number of nitrogen functional groups attached to an aromatic ring is 1. The Hall–Kier alpha value is -1.68. The zero-order valence-corrected chi connectivity index (χ0v) is 13.3. The van der Waals surface area contributed by atoms with E-state index in [2.05, 4.69) is 31.3 Å². The van der Waals surface area contributed by atoms with Gasteiger partial charge in [-0.25, -0.2) is 0 Å². The second-order valence-corrected chi connectivity index (χ2v) is 6.52. The molecular weight excluding hydrogens is 268 g/mol. The minimum absolute atomic E-state index is 0.116. The standard InChI is InChI=1S/C16H22N2OS/c1-10(2)19-14-7-5-6-13(16(14)17)18-12(4)15-9-8-11(3)20-15/h5-10,12,18H,17H2,1-4H3. The van der Waals surface area contributed by atoms with Crippen LogP contribution in [0.1, 0.15) is 36.6 Å². The summed E-state index contributed by atoms with van der Waals surface area (Å²) in [7, 11) is 0. The van der Waals surface area contributed by atoms with Crippen molar-refractivity contribution < 1.29 is 4.74 Å². The Morgan fingerprint density at radius 2 is 1.90 bits per heavy atom. The van der Waals surface area contributed by atoms with E-state index in [0.717, 1.165) is 11.4 Å². The van der Waals surface area contributed by atoms with E-state index >= 15 is 0 Å². The van der Waals surface area contributed by atoms with Gasteiger partial charge < -0.3 is 15.8 Å². The number of aryl methyl sites for hydroxylation is 1. The second-order valence-electron chi connectivity index (χ2n) is 5.20. The molecule has 108 valence electrons. The summed E-state index contributed by atoms with van der Waals surface area (Å²) in [5.74, 6) is 0.736. The van der Waals surface area contributed by atoms with E-state index in [0.29, 0.717) is 5.69 Å². The molecule has 1 aromatic carbocycles. The van der Waals surface area contributed by atoms with Crippen molar-refractivity contribution in [2.75, 3.05) is 11.1 Å². The number of nitrogens with two attached hydrogens (primary N) is 1. The molecule has 1 unspecified atom stereocenters. The minimum atomic E-state index is 0.116. The van der Waals surface area contributed by atoms with Gasteiger partial charge in [-0.2, -0.15) is 0 Å². The first-order valence-electron chi connectivity index (χ1n) is 6.85. The van der Waals surface area contributed by atoms with Crippen molar-refractivity contribution in [1.82, 2.24) is 0 Å². The van der Waals surface area contributed by atoms with Gasteiger partial charge >= 0.3 is 0 Å². The van der Waals surface area contributed by atoms with E-state index in [-0.39, 0.29) is 12.1 Å². The molecule has 3 N–H and O–H groups in total. The lowest BCUT2D eigenvalue weighted by Crippen LogP contribution is -2.10. The van der Waals surface area contributed by atoms with Crippen LogP contribution >= 0.6 is 11.3 Å². The van der Waals surface area contributed by atoms with E-state index in [1.54, 1.807) is 11.3 Å². The highest BCUT2D eigenvalue weighted by Crippen LogP contribution is 2.33. The molecule has 0 amide bonds. The van der Waals surface area contributed by atoms with Crippen molar-refractivity contribution in [3.05, 3.63) is 40.1 Å². The van der Waals surface area contributed by atoms with Crippen LogP contribution < -0.4 is 15.8 Å². The zero-order chi connectivity index (χ0) is 14.7. The van der Waals surface area contributed by atoms with Crippen LogP contribution in [0.3, 0.4) is 0 Å². The van der Waals surface area contributed by atoms with Gasteiger partial charge in [0.15, 0.2) is 0 Å². The van der Waals surface area contributed by atoms with Gasteiger partial charge in [-0.1, -0.05) is 6.07 Å². The number of ether oxygens (including phenoxy) is 1. The van der Waals surface area contributed by atoms with Crippen molar-refractivity contribution in [2.24, 2.45) is 0 Å². The molecule has 0 aliphatic rings. The van der Waals surface area contributed by atoms with Gasteiger partial charge in [-0.3, -0.25) is 0 Å². The Labute approximate surface area is 124 Å². The Morgan fingerprint density at radius 3 is 2.50 bits per heavy atom. The van der Waals surface area contributed by atoms with Gasteiger partial charge in [-0.15, -0.1) is 11.3 Å². The first-order valence-corrected chi connectivity index (χ1v) is 7.67. The van der Waals surface area contributed by atoms with Crippen LogP contribution in [0.2, 0.25) is 0 Å². The molecule has 0 aliphatic carbocycles. The molecule has 0 aliphatic heterocycles. The summed E-state index contributed by atoms with van der Waals surface area (Å²) in [6.07, 6.45) is 0.116. The highest BCUT2D eigenvalue weighted by Gasteiger charge is 2.12. The van der Waals surface area contributed by atoms with Crippen LogP contribution in [0.25, 0.3) is 0 Å². The first kappa shape index (κ1) is 14.7. The lowest BCUT2D eigenvalue weighted by atomic mass is 10.2. The predicted octanol–water partition coefficient (Wildman–Crippen LogP) is 4.60. The molecule has 1 aromatic heterocycles. The average molecular weight is 290 g/mol. The van der Waals surface area contributed by atoms with E-state index < -0.39 is 0 Å². The summed E-state index contributed by atoms with van der Waals surface area (Å²) < 4.78 is 5.71. The van der Waals surface area contributed by atoms with E-state index in [1.165, 1.54) is 9.75 Å². The van der Waals surface area contributed by atoms with E-state index in [9.17, 15) is 0 Å². The first-order chi connectivity index (χ1) is 9.47. The minimum Gasteiger partial charge on any atom is -0.489 e. The topological polar surface area (TPSA) is 47.3 Å². The SMILES string of the molecule is Cc1ccc(C(C)Nc2cccc(OC(C)C)c2N)s1. The number of anilines is 2. The third kappa shape index (κ3) is 3.45. The fraction of sp³-hybridized carbons (Fsp3) is 0.375. The number of hydrogen-bond acceptors (Lipinski definition) is 4. The molecular formula is C16H22N2OS. The van der Waals surface area contributed by atoms with Gasteiger partial charge in [0.1, 0.15) is 5.75 Å². The number of thiophene rings is 1. The third-order valence-corrected chi connectivity index (χ3v) is 4.17. The summed E-state index contributed by atoms with van der Waals surface area (Å²) >= 11 is 1.80. The summed E-state index contributed by atoms with van der Waals surface area (Å²) in [6.45, 7) is 8.25. The average Bonchev–Trinajstić information content (AvgIpc) is 2.80. The number of benzene rings is 1. The summed E-state index contributed by atoms with van der Waals surface area (Å²) in [6, 6.07) is 10.4. The van der Waals surface area contributed by atoms with Crippen LogP contribution in [-0.4, -0.2) is 6.10 Å². The van der Waals surface area contributed by atoms with Crippen molar-refractivity contribution in [2.45, 2.75) is 39.8 Å². The molecule has 2 rings (SSSR count). The maximum atomic E-state index is 6.18. The Kier molecular flexibility index (Phi) is 4.55. The smallest absolute Gasteiger partial charge is 0.144 e. The molecule has 3 nitrogen and oxygen atoms in total. The molecule has 0 bridgehead atoms. The quantitative estimate of drug-likeness (QED) is 0.791. The van der Waals surface area contributed by atoms with Gasteiger partial charge in [0, 0.05) is 9.75 Å². The monoisotopic (exact) mass is 290 g/mol. The lowest BCUT2D eigenvalue weighted by Gasteiger charge is -2.18. The number of para-hydroxylation sites is 1. The lowest BCUT2D eigenvalue weighted by molar-refractivity contribution is 0.244. The van der Waals surface area contributed by atoms with Gasteiger partial charge in [0.25, 0.3) is 0 Å². The zero-order valence-electron chi connectivity index (χ0n) is 12.4. The molecule has 20 heavy (non-hydrogen) atoms. The molecule has 0 spiro atoms. The van der Waals surface area contributed by atoms with Crippen LogP contribution in [0.5, 0.6) is 5.75 Å². The molecule has 0 saturated heterocycles. The van der Waals surface area contributed by atoms with Gasteiger partial charge in [-0.05, 0) is 52.0 Å². The number of hydrogen-bond donors (Lipinski definition) is 2. The molecule has 0 fully saturated rings. The van der Waals surface area contributed by atoms with Gasteiger partial charge in [0.05, 0.1) is 23.5 Å². The maximum Gasteiger partial charge on any atom is 0.144 e. The van der Waals surface area contributed by atoms with Crippen LogP contribution in [-0.2, 0) is 0 Å². The normalized spacial score (nSPS) is 12.4. The second kappa shape index (κ2) is 6.18. The Morgan fingerprint density at radius 1 is 1.15 bits per heavy atom. The molecule has 0 radical (unpaired) electrons. The summed E-state index contributed by atoms with van der Waals surface area (Å²) in [5.41, 5.74) is 7.77. The number of nitrogens with one attached hydrogen (secondary N) is 1. The van der Waals surface area contributed by atoms with Crippen LogP contribution in [0.15, 0.2) is 30.3 Å². The molecule has 0 saturated carbocycles. The maximum absolute atomic E-state index is 6.18. The summed E-state index contributed by atoms with van der Waals surface area (Å²) in [5, 5.41) is 3.46. The van der Waals surface area contributed by atoms with Crippen molar-refractivity contribution >= 4 is 22.7 Å². The Bertz CT molecular complexity index is 578. The van der Waals surface area contributed by atoms with Crippen LogP contribution in [0, 0.1) is 6.92 Å². The van der Waals surface area contributed by atoms with Crippen LogP contribution in [0.4, 0.5) is 11.4 Å². The van der Waals surface area contributed by atoms with Crippen molar-refractivity contribution in [1.29, 1.82) is 0 Å². The third-order valence-electron chi connectivity index (χ3n) is 2.99. The Balaban J connectivity index is 2.17. The fourth-order valence-electron chi connectivity index (χ4n) is 2.02. The largest absolute Gasteiger partial charge is 0.489 e. The molecule has 1 heterocycles. The summed E-state index contributed by atoms with van der Waals surface area (Å²) in [4.78, 5) is 2.62. The van der Waals surface area contributed by atoms with Crippen molar-refractivity contribution in [3.8, 4) is 5.75 Å². The molecule has 2 aromatic rings. The van der Waals surface area contributed by atoms with E-state index in [1.807, 2.05) is 32.0 Å². The molecule has 1 atom stereocenters. The van der Waals surface area contributed by atoms with E-state index in [4.69, 9.17) is 10.5 Å². The number of rotatable bonds is 5. The highest BCUT2D eigenvalue weighted by atomic mass is 32.1. The van der Waals surface area contributed by atoms with Crippen molar-refractivity contribution in [3.63, 3.8) is 0 Å². The van der Waals surface area contributed by atoms with Gasteiger partial charge in [0.2, 0.25) is 0 Å². The fourth-order valence-corrected chi connectivity index (χ4v) is 2.90.